The van der Waals surface area contributed by atoms with Gasteiger partial charge in [-0.3, -0.25) is 4.79 Å². The smallest absolute Gasteiger partial charge is 0.350 e. The zero-order chi connectivity index (χ0) is 19.3. The Bertz CT molecular complexity index is 796. The fraction of sp³-hybridized carbons (Fsp3) is 0.300. The fourth-order valence-corrected chi connectivity index (χ4v) is 2.27. The van der Waals surface area contributed by atoms with Crippen LogP contribution in [0.25, 0.3) is 0 Å². The molecule has 5 nitrogen and oxygen atoms in total. The molecule has 0 aromatic heterocycles. The number of carbonyl (C=O) groups excluding carboxylic acids is 2. The van der Waals surface area contributed by atoms with Crippen LogP contribution in [0.4, 0.5) is 4.39 Å². The molecule has 0 N–H and O–H groups in total. The van der Waals surface area contributed by atoms with Gasteiger partial charge in [-0.05, 0) is 63.2 Å². The third-order valence-corrected chi connectivity index (χ3v) is 3.72. The lowest BCUT2D eigenvalue weighted by Crippen LogP contribution is -2.39. The molecule has 0 aliphatic heterocycles. The van der Waals surface area contributed by atoms with E-state index in [4.69, 9.17) is 14.2 Å². The quantitative estimate of drug-likeness (QED) is 0.553. The van der Waals surface area contributed by atoms with Crippen LogP contribution in [0.15, 0.2) is 42.5 Å². The average Bonchev–Trinajstić information content (AvgIpc) is 2.61. The SMILES string of the molecule is COc1ccc(C(C)=O)cc1COC(=O)C(C)(C)Oc1ccc(F)cc1. The lowest BCUT2D eigenvalue weighted by Gasteiger charge is -2.24. The van der Waals surface area contributed by atoms with Crippen LogP contribution in [-0.2, 0) is 16.1 Å². The first-order valence-electron chi connectivity index (χ1n) is 8.02. The molecule has 0 amide bonds. The maximum Gasteiger partial charge on any atom is 0.350 e. The first-order chi connectivity index (χ1) is 12.2. The van der Waals surface area contributed by atoms with Crippen molar-refractivity contribution >= 4 is 11.8 Å². The average molecular weight is 360 g/mol. The first-order valence-corrected chi connectivity index (χ1v) is 8.02. The summed E-state index contributed by atoms with van der Waals surface area (Å²) in [5, 5.41) is 0. The number of ketones is 1. The molecule has 2 aromatic carbocycles. The van der Waals surface area contributed by atoms with Crippen LogP contribution in [-0.4, -0.2) is 24.5 Å². The Hall–Kier alpha value is -2.89. The highest BCUT2D eigenvalue weighted by Gasteiger charge is 2.32. The van der Waals surface area contributed by atoms with Crippen molar-refractivity contribution in [2.45, 2.75) is 33.0 Å². The highest BCUT2D eigenvalue weighted by atomic mass is 19.1. The van der Waals surface area contributed by atoms with Gasteiger partial charge in [0.25, 0.3) is 0 Å². The second-order valence-corrected chi connectivity index (χ2v) is 6.23. The number of ether oxygens (including phenoxy) is 3. The summed E-state index contributed by atoms with van der Waals surface area (Å²) in [6, 6.07) is 10.3. The van der Waals surface area contributed by atoms with Crippen molar-refractivity contribution in [2.75, 3.05) is 7.11 Å². The summed E-state index contributed by atoms with van der Waals surface area (Å²) in [5.41, 5.74) is -0.201. The molecule has 6 heteroatoms. The van der Waals surface area contributed by atoms with Crippen molar-refractivity contribution < 1.29 is 28.2 Å². The van der Waals surface area contributed by atoms with Crippen LogP contribution in [0.1, 0.15) is 36.7 Å². The van der Waals surface area contributed by atoms with E-state index in [2.05, 4.69) is 0 Å². The topological polar surface area (TPSA) is 61.8 Å². The Kier molecular flexibility index (Phi) is 5.97. The van der Waals surface area contributed by atoms with Gasteiger partial charge < -0.3 is 14.2 Å². The predicted octanol–water partition coefficient (Wildman–Crippen LogP) is 3.94. The van der Waals surface area contributed by atoms with E-state index < -0.39 is 17.4 Å². The van der Waals surface area contributed by atoms with Crippen LogP contribution in [0, 0.1) is 5.82 Å². The lowest BCUT2D eigenvalue weighted by molar-refractivity contribution is -0.160. The molecule has 26 heavy (non-hydrogen) atoms. The zero-order valence-corrected chi connectivity index (χ0v) is 15.2. The van der Waals surface area contributed by atoms with E-state index in [1.54, 1.807) is 32.0 Å². The molecule has 0 saturated carbocycles. The second-order valence-electron chi connectivity index (χ2n) is 6.23. The third kappa shape index (κ3) is 4.81. The normalized spacial score (nSPS) is 11.0. The van der Waals surface area contributed by atoms with E-state index in [1.807, 2.05) is 0 Å². The Balaban J connectivity index is 2.08. The van der Waals surface area contributed by atoms with Gasteiger partial charge in [-0.25, -0.2) is 9.18 Å². The molecule has 0 aliphatic carbocycles. The Labute approximate surface area is 151 Å². The largest absolute Gasteiger partial charge is 0.496 e. The van der Waals surface area contributed by atoms with Gasteiger partial charge in [0.15, 0.2) is 11.4 Å². The summed E-state index contributed by atoms with van der Waals surface area (Å²) in [4.78, 5) is 23.9. The molecule has 0 bridgehead atoms. The van der Waals surface area contributed by atoms with E-state index in [0.717, 1.165) is 0 Å². The Morgan fingerprint density at radius 1 is 1.08 bits per heavy atom. The molecule has 0 saturated heterocycles. The molecule has 2 aromatic rings. The summed E-state index contributed by atoms with van der Waals surface area (Å²) in [7, 11) is 1.50. The van der Waals surface area contributed by atoms with Crippen molar-refractivity contribution in [2.24, 2.45) is 0 Å². The summed E-state index contributed by atoms with van der Waals surface area (Å²) in [6.07, 6.45) is 0. The summed E-state index contributed by atoms with van der Waals surface area (Å²) in [6.45, 7) is 4.50. The van der Waals surface area contributed by atoms with E-state index in [9.17, 15) is 14.0 Å². The highest BCUT2D eigenvalue weighted by Crippen LogP contribution is 2.24. The van der Waals surface area contributed by atoms with Gasteiger partial charge in [0.2, 0.25) is 0 Å². The van der Waals surface area contributed by atoms with Crippen LogP contribution in [0.5, 0.6) is 11.5 Å². The van der Waals surface area contributed by atoms with Crippen LogP contribution >= 0.6 is 0 Å². The molecule has 0 unspecified atom stereocenters. The maximum absolute atomic E-state index is 13.0. The third-order valence-electron chi connectivity index (χ3n) is 3.72. The van der Waals surface area contributed by atoms with E-state index in [1.165, 1.54) is 38.3 Å². The number of methoxy groups -OCH3 is 1. The maximum atomic E-state index is 13.0. The molecule has 138 valence electrons. The Morgan fingerprint density at radius 2 is 1.73 bits per heavy atom. The van der Waals surface area contributed by atoms with Crippen molar-refractivity contribution in [3.8, 4) is 11.5 Å². The molecular formula is C20H21FO5. The number of benzene rings is 2. The van der Waals surface area contributed by atoms with Gasteiger partial charge in [-0.1, -0.05) is 0 Å². The number of esters is 1. The first kappa shape index (κ1) is 19.4. The van der Waals surface area contributed by atoms with Gasteiger partial charge >= 0.3 is 5.97 Å². The lowest BCUT2D eigenvalue weighted by atomic mass is 10.1. The fourth-order valence-electron chi connectivity index (χ4n) is 2.27. The molecule has 0 fully saturated rings. The van der Waals surface area contributed by atoms with E-state index in [0.29, 0.717) is 22.6 Å². The number of Topliss-reactive ketones (excluding diaryl/α,β-unsaturated/α-hetero) is 1. The molecular weight excluding hydrogens is 339 g/mol. The molecule has 0 heterocycles. The van der Waals surface area contributed by atoms with Crippen molar-refractivity contribution in [3.63, 3.8) is 0 Å². The second kappa shape index (κ2) is 7.99. The Morgan fingerprint density at radius 3 is 2.31 bits per heavy atom. The van der Waals surface area contributed by atoms with Crippen LogP contribution in [0.3, 0.4) is 0 Å². The summed E-state index contributed by atoms with van der Waals surface area (Å²) >= 11 is 0. The summed E-state index contributed by atoms with van der Waals surface area (Å²) in [5.74, 6) is -0.225. The number of carbonyl (C=O) groups is 2. The minimum Gasteiger partial charge on any atom is -0.496 e. The molecule has 2 rings (SSSR count). The molecule has 0 spiro atoms. The number of halogens is 1. The number of hydrogen-bond donors (Lipinski definition) is 0. The molecule has 0 atom stereocenters. The van der Waals surface area contributed by atoms with E-state index >= 15 is 0 Å². The number of hydrogen-bond acceptors (Lipinski definition) is 5. The van der Waals surface area contributed by atoms with Crippen molar-refractivity contribution in [1.29, 1.82) is 0 Å². The standard InChI is InChI=1S/C20H21FO5/c1-13(22)14-5-10-18(24-4)15(11-14)12-25-19(23)20(2,3)26-17-8-6-16(21)7-9-17/h5-11H,12H2,1-4H3. The minimum atomic E-state index is -1.27. The van der Waals surface area contributed by atoms with Gasteiger partial charge in [0.05, 0.1) is 7.11 Å². The van der Waals surface area contributed by atoms with Gasteiger partial charge in [0.1, 0.15) is 23.9 Å². The minimum absolute atomic E-state index is 0.0701. The van der Waals surface area contributed by atoms with Gasteiger partial charge in [-0.15, -0.1) is 0 Å². The van der Waals surface area contributed by atoms with E-state index in [-0.39, 0.29) is 12.4 Å². The van der Waals surface area contributed by atoms with Crippen molar-refractivity contribution in [3.05, 3.63) is 59.4 Å². The van der Waals surface area contributed by atoms with Gasteiger partial charge in [-0.2, -0.15) is 0 Å². The summed E-state index contributed by atoms with van der Waals surface area (Å²) < 4.78 is 29.1. The molecule has 0 aliphatic rings. The number of rotatable bonds is 7. The van der Waals surface area contributed by atoms with Gasteiger partial charge in [0, 0.05) is 11.1 Å². The monoisotopic (exact) mass is 360 g/mol. The molecule has 0 radical (unpaired) electrons. The van der Waals surface area contributed by atoms with Crippen LogP contribution in [0.2, 0.25) is 0 Å². The predicted molar refractivity (Wildman–Crippen MR) is 93.9 cm³/mol. The van der Waals surface area contributed by atoms with Crippen LogP contribution < -0.4 is 9.47 Å². The van der Waals surface area contributed by atoms with Crippen molar-refractivity contribution in [1.82, 2.24) is 0 Å². The zero-order valence-electron chi connectivity index (χ0n) is 15.2. The highest BCUT2D eigenvalue weighted by molar-refractivity contribution is 5.94.